The van der Waals surface area contributed by atoms with Gasteiger partial charge in [0.25, 0.3) is 0 Å². The normalized spacial score (nSPS) is 18.4. The Morgan fingerprint density at radius 3 is 2.79 bits per heavy atom. The van der Waals surface area contributed by atoms with Crippen molar-refractivity contribution in [1.29, 1.82) is 0 Å². The highest BCUT2D eigenvalue weighted by Crippen LogP contribution is 2.40. The van der Waals surface area contributed by atoms with Gasteiger partial charge in [-0.1, -0.05) is 32.9 Å². The number of hydrogen-bond donors (Lipinski definition) is 1. The second kappa shape index (κ2) is 6.58. The summed E-state index contributed by atoms with van der Waals surface area (Å²) in [6.07, 6.45) is 1.95. The van der Waals surface area contributed by atoms with Crippen LogP contribution < -0.4 is 10.1 Å². The number of hydrogen-bond acceptors (Lipinski definition) is 5. The number of fused-ring (bicyclic) bond motifs is 2. The number of nitrogens with zero attached hydrogens (tertiary/aromatic N) is 3. The number of amides is 2. The second-order valence-corrected chi connectivity index (χ2v) is 8.34. The molecule has 7 nitrogen and oxygen atoms in total. The molecule has 4 rings (SSSR count). The highest BCUT2D eigenvalue weighted by Gasteiger charge is 2.37. The second-order valence-electron chi connectivity index (χ2n) is 8.34. The quantitative estimate of drug-likeness (QED) is 0.866. The van der Waals surface area contributed by atoms with Gasteiger partial charge in [-0.3, -0.25) is 9.59 Å². The average Bonchev–Trinajstić information content (AvgIpc) is 3.09. The van der Waals surface area contributed by atoms with Crippen LogP contribution in [0.1, 0.15) is 55.8 Å². The van der Waals surface area contributed by atoms with Gasteiger partial charge in [0.1, 0.15) is 11.6 Å². The van der Waals surface area contributed by atoms with Crippen molar-refractivity contribution in [3.8, 4) is 5.75 Å². The van der Waals surface area contributed by atoms with Crippen molar-refractivity contribution in [2.75, 3.05) is 12.4 Å². The number of benzene rings is 1. The highest BCUT2D eigenvalue weighted by atomic mass is 16.5. The minimum Gasteiger partial charge on any atom is -0.495 e. The van der Waals surface area contributed by atoms with Crippen LogP contribution in [0.5, 0.6) is 5.75 Å². The van der Waals surface area contributed by atoms with E-state index in [2.05, 4.69) is 36.1 Å². The molecule has 0 spiro atoms. The number of nitrogens with one attached hydrogen (secondary N) is 1. The van der Waals surface area contributed by atoms with Crippen molar-refractivity contribution < 1.29 is 14.3 Å². The summed E-state index contributed by atoms with van der Waals surface area (Å²) >= 11 is 0. The molecule has 7 heteroatoms. The van der Waals surface area contributed by atoms with Gasteiger partial charge in [0, 0.05) is 30.1 Å². The molecule has 1 atom stereocenters. The SMILES string of the molecule is COc1cccc2c1NC(=O)C[C@H]2C(=O)N1Cc2cnc(C(C)(C)C)nc2C1. The molecule has 2 aromatic rings. The van der Waals surface area contributed by atoms with Gasteiger partial charge in [-0.25, -0.2) is 9.97 Å². The Labute approximate surface area is 164 Å². The molecule has 1 N–H and O–H groups in total. The van der Waals surface area contributed by atoms with Gasteiger partial charge in [0.15, 0.2) is 0 Å². The first-order valence-electron chi connectivity index (χ1n) is 9.38. The maximum absolute atomic E-state index is 13.3. The molecule has 0 radical (unpaired) electrons. The number of aromatic nitrogens is 2. The van der Waals surface area contributed by atoms with E-state index in [1.54, 1.807) is 18.1 Å². The molecule has 1 aromatic carbocycles. The molecule has 0 bridgehead atoms. The molecule has 2 amide bonds. The van der Waals surface area contributed by atoms with Crippen LogP contribution in [0.4, 0.5) is 5.69 Å². The summed E-state index contributed by atoms with van der Waals surface area (Å²) in [7, 11) is 1.55. The van der Waals surface area contributed by atoms with Crippen molar-refractivity contribution in [1.82, 2.24) is 14.9 Å². The van der Waals surface area contributed by atoms with Gasteiger partial charge in [-0.15, -0.1) is 0 Å². The maximum Gasteiger partial charge on any atom is 0.231 e. The Kier molecular flexibility index (Phi) is 4.33. The van der Waals surface area contributed by atoms with Gasteiger partial charge in [0.2, 0.25) is 11.8 Å². The summed E-state index contributed by atoms with van der Waals surface area (Å²) in [5.74, 6) is 0.561. The fourth-order valence-electron chi connectivity index (χ4n) is 3.74. The smallest absolute Gasteiger partial charge is 0.231 e. The summed E-state index contributed by atoms with van der Waals surface area (Å²) in [6.45, 7) is 7.11. The van der Waals surface area contributed by atoms with Crippen molar-refractivity contribution in [2.45, 2.75) is 51.6 Å². The van der Waals surface area contributed by atoms with Crippen LogP contribution in [0, 0.1) is 0 Å². The van der Waals surface area contributed by atoms with Gasteiger partial charge in [-0.2, -0.15) is 0 Å². The topological polar surface area (TPSA) is 84.4 Å². The first-order chi connectivity index (χ1) is 13.3. The Hall–Kier alpha value is -2.96. The number of methoxy groups -OCH3 is 1. The Balaban J connectivity index is 1.62. The van der Waals surface area contributed by atoms with Gasteiger partial charge in [-0.05, 0) is 11.6 Å². The van der Waals surface area contributed by atoms with Crippen molar-refractivity contribution in [3.05, 3.63) is 47.0 Å². The molecule has 0 saturated carbocycles. The molecule has 146 valence electrons. The fraction of sp³-hybridized carbons (Fsp3) is 0.429. The Morgan fingerprint density at radius 2 is 2.07 bits per heavy atom. The summed E-state index contributed by atoms with van der Waals surface area (Å²) in [5.41, 5.74) is 3.09. The van der Waals surface area contributed by atoms with Crippen LogP contribution in [0.3, 0.4) is 0 Å². The lowest BCUT2D eigenvalue weighted by Crippen LogP contribution is -2.36. The van der Waals surface area contributed by atoms with E-state index >= 15 is 0 Å². The Bertz CT molecular complexity index is 965. The van der Waals surface area contributed by atoms with Crippen LogP contribution >= 0.6 is 0 Å². The molecule has 0 unspecified atom stereocenters. The predicted molar refractivity (Wildman–Crippen MR) is 104 cm³/mol. The first kappa shape index (κ1) is 18.4. The fourth-order valence-corrected chi connectivity index (χ4v) is 3.74. The molecule has 2 aliphatic rings. The van der Waals surface area contributed by atoms with E-state index < -0.39 is 5.92 Å². The van der Waals surface area contributed by atoms with Crippen LogP contribution in [0.15, 0.2) is 24.4 Å². The summed E-state index contributed by atoms with van der Waals surface area (Å²) in [5, 5.41) is 2.84. The van der Waals surface area contributed by atoms with Crippen molar-refractivity contribution in [2.24, 2.45) is 0 Å². The summed E-state index contributed by atoms with van der Waals surface area (Å²) < 4.78 is 5.35. The van der Waals surface area contributed by atoms with Crippen molar-refractivity contribution >= 4 is 17.5 Å². The Morgan fingerprint density at radius 1 is 1.29 bits per heavy atom. The number of rotatable bonds is 2. The van der Waals surface area contributed by atoms with E-state index in [0.29, 0.717) is 24.5 Å². The minimum atomic E-state index is -0.525. The molecule has 0 saturated heterocycles. The predicted octanol–water partition coefficient (Wildman–Crippen LogP) is 2.75. The zero-order valence-electron chi connectivity index (χ0n) is 16.6. The molecular formula is C21H24N4O3. The molecule has 3 heterocycles. The average molecular weight is 380 g/mol. The zero-order chi connectivity index (χ0) is 20.1. The number of anilines is 1. The lowest BCUT2D eigenvalue weighted by Gasteiger charge is -2.29. The molecule has 1 aromatic heterocycles. The third-order valence-electron chi connectivity index (χ3n) is 5.24. The lowest BCUT2D eigenvalue weighted by atomic mass is 9.89. The van der Waals surface area contributed by atoms with Gasteiger partial charge in [0.05, 0.1) is 31.0 Å². The van der Waals surface area contributed by atoms with E-state index in [4.69, 9.17) is 4.74 Å². The zero-order valence-corrected chi connectivity index (χ0v) is 16.6. The van der Waals surface area contributed by atoms with Crippen LogP contribution in [0.2, 0.25) is 0 Å². The van der Waals surface area contributed by atoms with Gasteiger partial charge < -0.3 is 15.0 Å². The van der Waals surface area contributed by atoms with E-state index in [0.717, 1.165) is 22.6 Å². The van der Waals surface area contributed by atoms with Crippen LogP contribution in [0.25, 0.3) is 0 Å². The third-order valence-corrected chi connectivity index (χ3v) is 5.24. The molecule has 0 fully saturated rings. The number of para-hydroxylation sites is 1. The molecular weight excluding hydrogens is 356 g/mol. The monoisotopic (exact) mass is 380 g/mol. The molecule has 2 aliphatic heterocycles. The number of ether oxygens (including phenoxy) is 1. The van der Waals surface area contributed by atoms with E-state index in [-0.39, 0.29) is 23.7 Å². The minimum absolute atomic E-state index is 0.0698. The van der Waals surface area contributed by atoms with Crippen LogP contribution in [-0.2, 0) is 28.1 Å². The molecule has 28 heavy (non-hydrogen) atoms. The lowest BCUT2D eigenvalue weighted by molar-refractivity contribution is -0.135. The highest BCUT2D eigenvalue weighted by molar-refractivity contribution is 6.02. The first-order valence-corrected chi connectivity index (χ1v) is 9.38. The van der Waals surface area contributed by atoms with Gasteiger partial charge >= 0.3 is 0 Å². The van der Waals surface area contributed by atoms with Crippen molar-refractivity contribution in [3.63, 3.8) is 0 Å². The standard InChI is InChI=1S/C21H24N4O3/c1-21(2,3)20-22-9-12-10-25(11-15(12)23-20)19(27)14-8-17(26)24-18-13(14)6-5-7-16(18)28-4/h5-7,9,14H,8,10-11H2,1-4H3,(H,24,26)/t14-/m1/s1. The maximum atomic E-state index is 13.3. The van der Waals surface area contributed by atoms with Crippen LogP contribution in [-0.4, -0.2) is 33.8 Å². The van der Waals surface area contributed by atoms with E-state index in [1.165, 1.54) is 0 Å². The van der Waals surface area contributed by atoms with E-state index in [9.17, 15) is 9.59 Å². The summed E-state index contributed by atoms with van der Waals surface area (Å²) in [4.78, 5) is 36.5. The summed E-state index contributed by atoms with van der Waals surface area (Å²) in [6, 6.07) is 5.50. The largest absolute Gasteiger partial charge is 0.495 e. The van der Waals surface area contributed by atoms with E-state index in [1.807, 2.05) is 18.3 Å². The number of carbonyl (C=O) groups is 2. The third kappa shape index (κ3) is 3.10. The number of carbonyl (C=O) groups excluding carboxylic acids is 2. The molecule has 0 aliphatic carbocycles.